The smallest absolute Gasteiger partial charge is 0.0979 e. The third kappa shape index (κ3) is 4.30. The van der Waals surface area contributed by atoms with Gasteiger partial charge in [0.1, 0.15) is 0 Å². The van der Waals surface area contributed by atoms with Gasteiger partial charge >= 0.3 is 0 Å². The molecule has 0 aromatic heterocycles. The molecule has 3 heteroatoms. The molecule has 106 valence electrons. The highest BCUT2D eigenvalue weighted by Crippen LogP contribution is 2.32. The Morgan fingerprint density at radius 3 is 2.74 bits per heavy atom. The van der Waals surface area contributed by atoms with Crippen LogP contribution in [0.2, 0.25) is 0 Å². The van der Waals surface area contributed by atoms with Gasteiger partial charge in [0.15, 0.2) is 0 Å². The Bertz CT molecular complexity index is 427. The van der Waals surface area contributed by atoms with Gasteiger partial charge in [-0.05, 0) is 36.5 Å². The molecule has 3 atom stereocenters. The molecule has 0 amide bonds. The molecule has 1 saturated heterocycles. The van der Waals surface area contributed by atoms with Crippen molar-refractivity contribution in [1.82, 2.24) is 5.32 Å². The zero-order chi connectivity index (χ0) is 14.0. The van der Waals surface area contributed by atoms with Gasteiger partial charge in [0.2, 0.25) is 0 Å². The molecule has 3 unspecified atom stereocenters. The van der Waals surface area contributed by atoms with Crippen LogP contribution in [0.1, 0.15) is 45.8 Å². The Kier molecular flexibility index (Phi) is 4.70. The molecule has 0 spiro atoms. The quantitative estimate of drug-likeness (QED) is 0.875. The first kappa shape index (κ1) is 15.0. The van der Waals surface area contributed by atoms with Crippen LogP contribution in [0, 0.1) is 5.41 Å². The zero-order valence-corrected chi connectivity index (χ0v) is 13.8. The van der Waals surface area contributed by atoms with Crippen LogP contribution in [0.15, 0.2) is 28.7 Å². The molecule has 1 aromatic carbocycles. The lowest BCUT2D eigenvalue weighted by molar-refractivity contribution is -0.0755. The number of hydrogen-bond acceptors (Lipinski definition) is 2. The van der Waals surface area contributed by atoms with Crippen LogP contribution in [0.5, 0.6) is 0 Å². The fourth-order valence-corrected chi connectivity index (χ4v) is 3.07. The molecule has 1 aliphatic heterocycles. The van der Waals surface area contributed by atoms with Gasteiger partial charge in [0, 0.05) is 17.1 Å². The summed E-state index contributed by atoms with van der Waals surface area (Å²) in [5.74, 6) is 0. The predicted octanol–water partition coefficient (Wildman–Crippen LogP) is 4.30. The first-order chi connectivity index (χ1) is 8.85. The summed E-state index contributed by atoms with van der Waals surface area (Å²) in [6, 6.07) is 8.78. The lowest BCUT2D eigenvalue weighted by Gasteiger charge is -2.38. The highest BCUT2D eigenvalue weighted by atomic mass is 79.9. The Hall–Kier alpha value is -0.380. The lowest BCUT2D eigenvalue weighted by Crippen LogP contribution is -2.47. The minimum Gasteiger partial charge on any atom is -0.367 e. The average Bonchev–Trinajstić information content (AvgIpc) is 2.30. The van der Waals surface area contributed by atoms with Crippen molar-refractivity contribution in [2.75, 3.05) is 6.54 Å². The van der Waals surface area contributed by atoms with Gasteiger partial charge < -0.3 is 10.1 Å². The Morgan fingerprint density at radius 1 is 1.37 bits per heavy atom. The van der Waals surface area contributed by atoms with Crippen molar-refractivity contribution in [2.24, 2.45) is 5.41 Å². The highest BCUT2D eigenvalue weighted by molar-refractivity contribution is 9.10. The van der Waals surface area contributed by atoms with Gasteiger partial charge in [-0.1, -0.05) is 48.8 Å². The number of nitrogens with one attached hydrogen (secondary N) is 1. The molecule has 1 heterocycles. The molecule has 1 aliphatic rings. The van der Waals surface area contributed by atoms with E-state index in [4.69, 9.17) is 4.74 Å². The van der Waals surface area contributed by atoms with Gasteiger partial charge in [0.25, 0.3) is 0 Å². The third-order valence-electron chi connectivity index (χ3n) is 3.48. The van der Waals surface area contributed by atoms with Crippen molar-refractivity contribution >= 4 is 15.9 Å². The van der Waals surface area contributed by atoms with Crippen molar-refractivity contribution in [1.29, 1.82) is 0 Å². The van der Waals surface area contributed by atoms with Gasteiger partial charge in [-0.2, -0.15) is 0 Å². The standard InChI is InChI=1S/C16H24BrNO/c1-11-15(12-6-5-7-13(17)8-12)19-14(10-18-11)9-16(2,3)4/h5-8,11,14-15,18H,9-10H2,1-4H3. The van der Waals surface area contributed by atoms with Crippen LogP contribution < -0.4 is 5.32 Å². The molecule has 0 saturated carbocycles. The molecule has 1 fully saturated rings. The van der Waals surface area contributed by atoms with Crippen LogP contribution in [0.3, 0.4) is 0 Å². The monoisotopic (exact) mass is 325 g/mol. The van der Waals surface area contributed by atoms with E-state index in [1.165, 1.54) is 5.56 Å². The Balaban J connectivity index is 2.10. The zero-order valence-electron chi connectivity index (χ0n) is 12.2. The average molecular weight is 326 g/mol. The number of ether oxygens (including phenoxy) is 1. The Labute approximate surface area is 125 Å². The first-order valence-corrected chi connectivity index (χ1v) is 7.79. The molecule has 0 bridgehead atoms. The maximum Gasteiger partial charge on any atom is 0.0979 e. The SMILES string of the molecule is CC1NCC(CC(C)(C)C)OC1c1cccc(Br)c1. The number of morpholine rings is 1. The second-order valence-corrected chi connectivity index (χ2v) is 7.61. The fourth-order valence-electron chi connectivity index (χ4n) is 2.65. The van der Waals surface area contributed by atoms with Crippen molar-refractivity contribution < 1.29 is 4.74 Å². The molecule has 0 aliphatic carbocycles. The topological polar surface area (TPSA) is 21.3 Å². The van der Waals surface area contributed by atoms with E-state index in [1.54, 1.807) is 0 Å². The molecule has 0 radical (unpaired) electrons. The second-order valence-electron chi connectivity index (χ2n) is 6.70. The van der Waals surface area contributed by atoms with E-state index in [0.29, 0.717) is 17.6 Å². The first-order valence-electron chi connectivity index (χ1n) is 6.99. The summed E-state index contributed by atoms with van der Waals surface area (Å²) >= 11 is 3.54. The minimum atomic E-state index is 0.138. The van der Waals surface area contributed by atoms with Crippen LogP contribution >= 0.6 is 15.9 Å². The minimum absolute atomic E-state index is 0.138. The van der Waals surface area contributed by atoms with E-state index < -0.39 is 0 Å². The van der Waals surface area contributed by atoms with E-state index in [-0.39, 0.29) is 6.10 Å². The van der Waals surface area contributed by atoms with Gasteiger partial charge in [-0.25, -0.2) is 0 Å². The van der Waals surface area contributed by atoms with E-state index in [9.17, 15) is 0 Å². The molecular weight excluding hydrogens is 302 g/mol. The molecule has 2 rings (SSSR count). The third-order valence-corrected chi connectivity index (χ3v) is 3.97. The van der Waals surface area contributed by atoms with Crippen molar-refractivity contribution in [3.8, 4) is 0 Å². The summed E-state index contributed by atoms with van der Waals surface area (Å²) in [6.45, 7) is 9.94. The van der Waals surface area contributed by atoms with Gasteiger partial charge in [0.05, 0.1) is 12.2 Å². The van der Waals surface area contributed by atoms with Gasteiger partial charge in [-0.3, -0.25) is 0 Å². The lowest BCUT2D eigenvalue weighted by atomic mass is 9.88. The van der Waals surface area contributed by atoms with Crippen LogP contribution in [0.4, 0.5) is 0 Å². The summed E-state index contributed by atoms with van der Waals surface area (Å²) in [5.41, 5.74) is 1.54. The van der Waals surface area contributed by atoms with E-state index >= 15 is 0 Å². The number of benzene rings is 1. The Morgan fingerprint density at radius 2 is 2.11 bits per heavy atom. The van der Waals surface area contributed by atoms with Crippen LogP contribution in [-0.4, -0.2) is 18.7 Å². The van der Waals surface area contributed by atoms with E-state index in [0.717, 1.165) is 17.4 Å². The van der Waals surface area contributed by atoms with E-state index in [1.807, 2.05) is 0 Å². The summed E-state index contributed by atoms with van der Waals surface area (Å²) in [4.78, 5) is 0. The highest BCUT2D eigenvalue weighted by Gasteiger charge is 2.31. The van der Waals surface area contributed by atoms with Crippen LogP contribution in [-0.2, 0) is 4.74 Å². The van der Waals surface area contributed by atoms with E-state index in [2.05, 4.69) is 73.2 Å². The van der Waals surface area contributed by atoms with Crippen molar-refractivity contribution in [2.45, 2.75) is 52.4 Å². The summed E-state index contributed by atoms with van der Waals surface area (Å²) in [7, 11) is 0. The predicted molar refractivity (Wildman–Crippen MR) is 83.3 cm³/mol. The number of halogens is 1. The fraction of sp³-hybridized carbons (Fsp3) is 0.625. The van der Waals surface area contributed by atoms with Crippen LogP contribution in [0.25, 0.3) is 0 Å². The summed E-state index contributed by atoms with van der Waals surface area (Å²) < 4.78 is 7.44. The molecule has 2 nitrogen and oxygen atoms in total. The largest absolute Gasteiger partial charge is 0.367 e. The maximum atomic E-state index is 6.33. The number of hydrogen-bond donors (Lipinski definition) is 1. The molecular formula is C16H24BrNO. The number of rotatable bonds is 2. The van der Waals surface area contributed by atoms with Gasteiger partial charge in [-0.15, -0.1) is 0 Å². The maximum absolute atomic E-state index is 6.33. The van der Waals surface area contributed by atoms with Crippen molar-refractivity contribution in [3.63, 3.8) is 0 Å². The van der Waals surface area contributed by atoms with Crippen molar-refractivity contribution in [3.05, 3.63) is 34.3 Å². The molecule has 1 N–H and O–H groups in total. The normalized spacial score (nSPS) is 28.4. The summed E-state index contributed by atoms with van der Waals surface area (Å²) in [5, 5.41) is 3.58. The second kappa shape index (κ2) is 5.94. The molecule has 1 aromatic rings. The molecule has 19 heavy (non-hydrogen) atoms. The summed E-state index contributed by atoms with van der Waals surface area (Å²) in [6.07, 6.45) is 1.51.